The van der Waals surface area contributed by atoms with Crippen molar-refractivity contribution in [1.82, 2.24) is 0 Å². The average molecular weight is 222 g/mol. The number of hydrogen-bond donors (Lipinski definition) is 2. The maximum Gasteiger partial charge on any atom is 0.226 e. The second-order valence-corrected chi connectivity index (χ2v) is 3.81. The molecule has 1 aromatic rings. The molecule has 0 bridgehead atoms. The lowest BCUT2D eigenvalue weighted by molar-refractivity contribution is -0.118. The standard InChI is InChI=1S/C12H18N2O2/c1-8(2)12(15)14-9-5-6-11(16-4)10(7-9)13-3/h5-8,13H,1-4H3,(H,14,15). The van der Waals surface area contributed by atoms with Gasteiger partial charge in [0.1, 0.15) is 5.75 Å². The van der Waals surface area contributed by atoms with Gasteiger partial charge in [0, 0.05) is 18.7 Å². The smallest absolute Gasteiger partial charge is 0.226 e. The highest BCUT2D eigenvalue weighted by molar-refractivity contribution is 5.92. The van der Waals surface area contributed by atoms with Gasteiger partial charge in [0.05, 0.1) is 12.8 Å². The molecule has 4 heteroatoms. The van der Waals surface area contributed by atoms with E-state index >= 15 is 0 Å². The summed E-state index contributed by atoms with van der Waals surface area (Å²) in [6, 6.07) is 5.49. The summed E-state index contributed by atoms with van der Waals surface area (Å²) < 4.78 is 5.17. The van der Waals surface area contributed by atoms with Gasteiger partial charge in [0.2, 0.25) is 5.91 Å². The Labute approximate surface area is 96.0 Å². The summed E-state index contributed by atoms with van der Waals surface area (Å²) >= 11 is 0. The molecule has 1 aromatic carbocycles. The van der Waals surface area contributed by atoms with Crippen LogP contribution in [0.3, 0.4) is 0 Å². The number of benzene rings is 1. The molecule has 0 saturated carbocycles. The topological polar surface area (TPSA) is 50.4 Å². The predicted octanol–water partition coefficient (Wildman–Crippen LogP) is 2.33. The molecule has 0 unspecified atom stereocenters. The highest BCUT2D eigenvalue weighted by atomic mass is 16.5. The van der Waals surface area contributed by atoms with Crippen molar-refractivity contribution in [2.45, 2.75) is 13.8 Å². The number of nitrogens with one attached hydrogen (secondary N) is 2. The first-order valence-corrected chi connectivity index (χ1v) is 5.25. The first kappa shape index (κ1) is 12.4. The maximum atomic E-state index is 11.5. The maximum absolute atomic E-state index is 11.5. The van der Waals surface area contributed by atoms with E-state index in [1.165, 1.54) is 0 Å². The van der Waals surface area contributed by atoms with Crippen LogP contribution in [0.1, 0.15) is 13.8 Å². The molecule has 0 atom stereocenters. The molecule has 4 nitrogen and oxygen atoms in total. The zero-order valence-electron chi connectivity index (χ0n) is 10.1. The second-order valence-electron chi connectivity index (χ2n) is 3.81. The summed E-state index contributed by atoms with van der Waals surface area (Å²) in [4.78, 5) is 11.5. The normalized spacial score (nSPS) is 10.1. The molecule has 0 heterocycles. The molecule has 1 rings (SSSR count). The summed E-state index contributed by atoms with van der Waals surface area (Å²) in [5.74, 6) is 0.734. The number of amides is 1. The van der Waals surface area contributed by atoms with E-state index in [-0.39, 0.29) is 11.8 Å². The summed E-state index contributed by atoms with van der Waals surface area (Å²) in [6.45, 7) is 3.72. The summed E-state index contributed by atoms with van der Waals surface area (Å²) in [6.07, 6.45) is 0. The van der Waals surface area contributed by atoms with Gasteiger partial charge in [0.15, 0.2) is 0 Å². The van der Waals surface area contributed by atoms with Crippen molar-refractivity contribution >= 4 is 17.3 Å². The molecule has 0 spiro atoms. The van der Waals surface area contributed by atoms with Crippen LogP contribution in [0.2, 0.25) is 0 Å². The molecule has 0 saturated heterocycles. The molecule has 0 aliphatic carbocycles. The monoisotopic (exact) mass is 222 g/mol. The minimum atomic E-state index is -0.0277. The van der Waals surface area contributed by atoms with Gasteiger partial charge in [-0.1, -0.05) is 13.8 Å². The van der Waals surface area contributed by atoms with Gasteiger partial charge < -0.3 is 15.4 Å². The van der Waals surface area contributed by atoms with Gasteiger partial charge in [-0.15, -0.1) is 0 Å². The van der Waals surface area contributed by atoms with E-state index in [0.29, 0.717) is 0 Å². The van der Waals surface area contributed by atoms with Gasteiger partial charge in [-0.05, 0) is 18.2 Å². The molecule has 0 aromatic heterocycles. The number of ether oxygens (including phenoxy) is 1. The fraction of sp³-hybridized carbons (Fsp3) is 0.417. The first-order valence-electron chi connectivity index (χ1n) is 5.25. The number of rotatable bonds is 4. The first-order chi connectivity index (χ1) is 7.58. The Kier molecular flexibility index (Phi) is 4.17. The van der Waals surface area contributed by atoms with Gasteiger partial charge in [-0.3, -0.25) is 4.79 Å². The van der Waals surface area contributed by atoms with Crippen LogP contribution < -0.4 is 15.4 Å². The van der Waals surface area contributed by atoms with Crippen molar-refractivity contribution in [3.8, 4) is 5.75 Å². The third-order valence-electron chi connectivity index (χ3n) is 2.26. The average Bonchev–Trinajstić information content (AvgIpc) is 2.28. The summed E-state index contributed by atoms with van der Waals surface area (Å²) in [5, 5.41) is 5.85. The molecule has 88 valence electrons. The van der Waals surface area contributed by atoms with Crippen molar-refractivity contribution in [1.29, 1.82) is 0 Å². The van der Waals surface area contributed by atoms with Gasteiger partial charge in [-0.2, -0.15) is 0 Å². The van der Waals surface area contributed by atoms with E-state index in [1.54, 1.807) is 7.11 Å². The zero-order valence-corrected chi connectivity index (χ0v) is 10.1. The Balaban J connectivity index is 2.87. The van der Waals surface area contributed by atoms with Gasteiger partial charge >= 0.3 is 0 Å². The van der Waals surface area contributed by atoms with Crippen LogP contribution in [0.5, 0.6) is 5.75 Å². The molecule has 0 radical (unpaired) electrons. The number of carbonyl (C=O) groups is 1. The van der Waals surface area contributed by atoms with Gasteiger partial charge in [0.25, 0.3) is 0 Å². The van der Waals surface area contributed by atoms with Crippen molar-refractivity contribution in [2.24, 2.45) is 5.92 Å². The lowest BCUT2D eigenvalue weighted by Gasteiger charge is -2.12. The largest absolute Gasteiger partial charge is 0.495 e. The molecule has 0 aliphatic heterocycles. The Morgan fingerprint density at radius 1 is 1.38 bits per heavy atom. The Morgan fingerprint density at radius 3 is 2.56 bits per heavy atom. The molecular formula is C12H18N2O2. The van der Waals surface area contributed by atoms with Crippen molar-refractivity contribution in [3.63, 3.8) is 0 Å². The summed E-state index contributed by atoms with van der Waals surface area (Å²) in [7, 11) is 3.43. The Bertz CT molecular complexity index is 375. The third-order valence-corrected chi connectivity index (χ3v) is 2.26. The van der Waals surface area contributed by atoms with Crippen molar-refractivity contribution in [2.75, 3.05) is 24.8 Å². The van der Waals surface area contributed by atoms with E-state index in [9.17, 15) is 4.79 Å². The molecule has 2 N–H and O–H groups in total. The van der Waals surface area contributed by atoms with Crippen LogP contribution in [0.25, 0.3) is 0 Å². The van der Waals surface area contributed by atoms with E-state index in [2.05, 4.69) is 10.6 Å². The minimum absolute atomic E-state index is 0.00669. The Hall–Kier alpha value is -1.71. The predicted molar refractivity (Wildman–Crippen MR) is 66.0 cm³/mol. The van der Waals surface area contributed by atoms with Crippen LogP contribution in [0.4, 0.5) is 11.4 Å². The van der Waals surface area contributed by atoms with Crippen LogP contribution in [0.15, 0.2) is 18.2 Å². The fourth-order valence-electron chi connectivity index (χ4n) is 1.27. The number of hydrogen-bond acceptors (Lipinski definition) is 3. The zero-order chi connectivity index (χ0) is 12.1. The quantitative estimate of drug-likeness (QED) is 0.822. The highest BCUT2D eigenvalue weighted by Gasteiger charge is 2.08. The van der Waals surface area contributed by atoms with Crippen molar-refractivity contribution < 1.29 is 9.53 Å². The number of methoxy groups -OCH3 is 1. The number of carbonyl (C=O) groups excluding carboxylic acids is 1. The minimum Gasteiger partial charge on any atom is -0.495 e. The van der Waals surface area contributed by atoms with Crippen LogP contribution >= 0.6 is 0 Å². The van der Waals surface area contributed by atoms with Crippen LogP contribution in [0, 0.1) is 5.92 Å². The van der Waals surface area contributed by atoms with E-state index in [4.69, 9.17) is 4.74 Å². The molecular weight excluding hydrogens is 204 g/mol. The van der Waals surface area contributed by atoms with Gasteiger partial charge in [-0.25, -0.2) is 0 Å². The van der Waals surface area contributed by atoms with Crippen molar-refractivity contribution in [3.05, 3.63) is 18.2 Å². The second kappa shape index (κ2) is 5.39. The van der Waals surface area contributed by atoms with Crippen LogP contribution in [-0.4, -0.2) is 20.1 Å². The lowest BCUT2D eigenvalue weighted by Crippen LogP contribution is -2.17. The molecule has 0 aliphatic rings. The summed E-state index contributed by atoms with van der Waals surface area (Å²) in [5.41, 5.74) is 1.62. The number of anilines is 2. The van der Waals surface area contributed by atoms with E-state index in [1.807, 2.05) is 39.1 Å². The highest BCUT2D eigenvalue weighted by Crippen LogP contribution is 2.27. The lowest BCUT2D eigenvalue weighted by atomic mass is 10.2. The fourth-order valence-corrected chi connectivity index (χ4v) is 1.27. The van der Waals surface area contributed by atoms with E-state index < -0.39 is 0 Å². The SMILES string of the molecule is CNc1cc(NC(=O)C(C)C)ccc1OC. The molecule has 1 amide bonds. The third kappa shape index (κ3) is 2.89. The van der Waals surface area contributed by atoms with E-state index in [0.717, 1.165) is 17.1 Å². The van der Waals surface area contributed by atoms with Crippen LogP contribution in [-0.2, 0) is 4.79 Å². The molecule has 0 fully saturated rings. The molecule has 16 heavy (non-hydrogen) atoms. The Morgan fingerprint density at radius 2 is 2.06 bits per heavy atom.